The summed E-state index contributed by atoms with van der Waals surface area (Å²) in [6, 6.07) is 22.0. The molecule has 138 valence electrons. The molecule has 0 aliphatic heterocycles. The van der Waals surface area contributed by atoms with Crippen molar-refractivity contribution in [2.45, 2.75) is 26.8 Å². The van der Waals surface area contributed by atoms with Gasteiger partial charge in [-0.2, -0.15) is 0 Å². The fourth-order valence-corrected chi connectivity index (χ4v) is 2.95. The van der Waals surface area contributed by atoms with Gasteiger partial charge < -0.3 is 10.2 Å². The highest BCUT2D eigenvalue weighted by molar-refractivity contribution is 6.03. The Kier molecular flexibility index (Phi) is 6.21. The molecule has 1 aromatic heterocycles. The maximum Gasteiger partial charge on any atom is 0.274 e. The van der Waals surface area contributed by atoms with Gasteiger partial charge in [-0.1, -0.05) is 49.4 Å². The average molecular weight is 359 g/mol. The van der Waals surface area contributed by atoms with Crippen LogP contribution in [0, 0.1) is 0 Å². The summed E-state index contributed by atoms with van der Waals surface area (Å²) in [5.74, 6) is -0.197. The van der Waals surface area contributed by atoms with Crippen LogP contribution in [0.3, 0.4) is 0 Å². The number of carbonyl (C=O) groups is 1. The van der Waals surface area contributed by atoms with Gasteiger partial charge in [-0.15, -0.1) is 0 Å². The molecule has 0 fully saturated rings. The number of carbonyl (C=O) groups excluding carboxylic acids is 1. The molecule has 1 heterocycles. The van der Waals surface area contributed by atoms with E-state index in [1.54, 1.807) is 6.20 Å². The first-order chi connectivity index (χ1) is 13.2. The van der Waals surface area contributed by atoms with Crippen molar-refractivity contribution in [3.8, 4) is 0 Å². The standard InChI is InChI=1S/C23H25N3O/c1-3-18-10-12-20(13-11-18)25-23(27)22-16-21(14-15-24-22)26(4-2)17-19-8-6-5-7-9-19/h5-16H,3-4,17H2,1-2H3,(H,25,27). The normalized spacial score (nSPS) is 10.4. The molecular formula is C23H25N3O. The largest absolute Gasteiger partial charge is 0.367 e. The van der Waals surface area contributed by atoms with Crippen LogP contribution in [0.1, 0.15) is 35.5 Å². The molecule has 4 heteroatoms. The van der Waals surface area contributed by atoms with Crippen LogP contribution in [0.5, 0.6) is 0 Å². The number of aryl methyl sites for hydroxylation is 1. The predicted octanol–water partition coefficient (Wildman–Crippen LogP) is 4.92. The Morgan fingerprint density at radius 2 is 1.70 bits per heavy atom. The molecule has 0 radical (unpaired) electrons. The third kappa shape index (κ3) is 4.94. The second-order valence-corrected chi connectivity index (χ2v) is 6.40. The first kappa shape index (κ1) is 18.6. The Morgan fingerprint density at radius 3 is 2.37 bits per heavy atom. The quantitative estimate of drug-likeness (QED) is 0.651. The second kappa shape index (κ2) is 8.99. The van der Waals surface area contributed by atoms with Crippen molar-refractivity contribution in [2.24, 2.45) is 0 Å². The van der Waals surface area contributed by atoms with Crippen molar-refractivity contribution in [1.29, 1.82) is 0 Å². The van der Waals surface area contributed by atoms with E-state index in [0.717, 1.165) is 30.9 Å². The third-order valence-electron chi connectivity index (χ3n) is 4.56. The van der Waals surface area contributed by atoms with E-state index < -0.39 is 0 Å². The lowest BCUT2D eigenvalue weighted by molar-refractivity contribution is 0.102. The van der Waals surface area contributed by atoms with Gasteiger partial charge in [0.15, 0.2) is 0 Å². The molecule has 3 aromatic rings. The number of amides is 1. The topological polar surface area (TPSA) is 45.2 Å². The molecule has 0 spiro atoms. The van der Waals surface area contributed by atoms with Crippen LogP contribution in [0.4, 0.5) is 11.4 Å². The van der Waals surface area contributed by atoms with E-state index in [0.29, 0.717) is 5.69 Å². The molecule has 0 saturated carbocycles. The predicted molar refractivity (Wildman–Crippen MR) is 111 cm³/mol. The van der Waals surface area contributed by atoms with Crippen LogP contribution in [0.25, 0.3) is 0 Å². The molecule has 0 atom stereocenters. The summed E-state index contributed by atoms with van der Waals surface area (Å²) in [5.41, 5.74) is 4.66. The lowest BCUT2D eigenvalue weighted by Gasteiger charge is -2.23. The van der Waals surface area contributed by atoms with Gasteiger partial charge in [-0.05, 0) is 48.7 Å². The van der Waals surface area contributed by atoms with Gasteiger partial charge in [-0.3, -0.25) is 9.78 Å². The minimum absolute atomic E-state index is 0.197. The molecule has 27 heavy (non-hydrogen) atoms. The SMILES string of the molecule is CCc1ccc(NC(=O)c2cc(N(CC)Cc3ccccc3)ccn2)cc1. The van der Waals surface area contributed by atoms with Gasteiger partial charge in [-0.25, -0.2) is 0 Å². The number of nitrogens with zero attached hydrogens (tertiary/aromatic N) is 2. The van der Waals surface area contributed by atoms with Crippen molar-refractivity contribution >= 4 is 17.3 Å². The molecule has 1 amide bonds. The van der Waals surface area contributed by atoms with Crippen LogP contribution < -0.4 is 10.2 Å². The number of aromatic nitrogens is 1. The smallest absolute Gasteiger partial charge is 0.274 e. The number of hydrogen-bond acceptors (Lipinski definition) is 3. The summed E-state index contributed by atoms with van der Waals surface area (Å²) in [5, 5.41) is 2.92. The summed E-state index contributed by atoms with van der Waals surface area (Å²) in [4.78, 5) is 19.1. The average Bonchev–Trinajstić information content (AvgIpc) is 2.73. The highest BCUT2D eigenvalue weighted by atomic mass is 16.1. The minimum Gasteiger partial charge on any atom is -0.367 e. The van der Waals surface area contributed by atoms with Crippen molar-refractivity contribution in [2.75, 3.05) is 16.8 Å². The summed E-state index contributed by atoms with van der Waals surface area (Å²) >= 11 is 0. The second-order valence-electron chi connectivity index (χ2n) is 6.40. The number of pyridine rings is 1. The molecule has 0 bridgehead atoms. The Balaban J connectivity index is 1.73. The molecule has 1 N–H and O–H groups in total. The molecule has 4 nitrogen and oxygen atoms in total. The number of hydrogen-bond donors (Lipinski definition) is 1. The van der Waals surface area contributed by atoms with Crippen LogP contribution >= 0.6 is 0 Å². The third-order valence-corrected chi connectivity index (χ3v) is 4.56. The van der Waals surface area contributed by atoms with Gasteiger partial charge >= 0.3 is 0 Å². The lowest BCUT2D eigenvalue weighted by Crippen LogP contribution is -2.23. The number of benzene rings is 2. The van der Waals surface area contributed by atoms with E-state index in [1.807, 2.05) is 54.6 Å². The molecule has 0 aliphatic carbocycles. The molecule has 2 aromatic carbocycles. The zero-order valence-electron chi connectivity index (χ0n) is 15.9. The summed E-state index contributed by atoms with van der Waals surface area (Å²) < 4.78 is 0. The van der Waals surface area contributed by atoms with Gasteiger partial charge in [0.2, 0.25) is 0 Å². The summed E-state index contributed by atoms with van der Waals surface area (Å²) in [7, 11) is 0. The number of nitrogens with one attached hydrogen (secondary N) is 1. The Labute approximate surface area is 160 Å². The molecule has 0 aliphatic rings. The molecule has 0 saturated heterocycles. The van der Waals surface area contributed by atoms with E-state index in [4.69, 9.17) is 0 Å². The fraction of sp³-hybridized carbons (Fsp3) is 0.217. The Bertz CT molecular complexity index is 876. The maximum absolute atomic E-state index is 12.6. The van der Waals surface area contributed by atoms with Crippen LogP contribution in [-0.2, 0) is 13.0 Å². The van der Waals surface area contributed by atoms with Crippen molar-refractivity contribution in [3.05, 3.63) is 89.7 Å². The van der Waals surface area contributed by atoms with Crippen LogP contribution in [-0.4, -0.2) is 17.4 Å². The first-order valence-corrected chi connectivity index (χ1v) is 9.34. The Hall–Kier alpha value is -3.14. The van der Waals surface area contributed by atoms with E-state index >= 15 is 0 Å². The molecular weight excluding hydrogens is 334 g/mol. The lowest BCUT2D eigenvalue weighted by atomic mass is 10.1. The van der Waals surface area contributed by atoms with Crippen LogP contribution in [0.2, 0.25) is 0 Å². The number of rotatable bonds is 7. The summed E-state index contributed by atoms with van der Waals surface area (Å²) in [6.45, 7) is 5.86. The minimum atomic E-state index is -0.197. The maximum atomic E-state index is 12.6. The summed E-state index contributed by atoms with van der Waals surface area (Å²) in [6.07, 6.45) is 2.67. The van der Waals surface area contributed by atoms with E-state index in [-0.39, 0.29) is 5.91 Å². The highest BCUT2D eigenvalue weighted by Gasteiger charge is 2.12. The highest BCUT2D eigenvalue weighted by Crippen LogP contribution is 2.18. The van der Waals surface area contributed by atoms with E-state index in [1.165, 1.54) is 11.1 Å². The van der Waals surface area contributed by atoms with Crippen LogP contribution in [0.15, 0.2) is 72.9 Å². The number of anilines is 2. The first-order valence-electron chi connectivity index (χ1n) is 9.34. The van der Waals surface area contributed by atoms with E-state index in [9.17, 15) is 4.79 Å². The van der Waals surface area contributed by atoms with Gasteiger partial charge in [0.1, 0.15) is 5.69 Å². The van der Waals surface area contributed by atoms with Crippen molar-refractivity contribution in [1.82, 2.24) is 4.98 Å². The van der Waals surface area contributed by atoms with E-state index in [2.05, 4.69) is 41.2 Å². The van der Waals surface area contributed by atoms with Crippen molar-refractivity contribution in [3.63, 3.8) is 0 Å². The Morgan fingerprint density at radius 1 is 0.963 bits per heavy atom. The monoisotopic (exact) mass is 359 g/mol. The zero-order chi connectivity index (χ0) is 19.1. The molecule has 3 rings (SSSR count). The zero-order valence-corrected chi connectivity index (χ0v) is 15.9. The van der Waals surface area contributed by atoms with Gasteiger partial charge in [0, 0.05) is 30.7 Å². The van der Waals surface area contributed by atoms with Gasteiger partial charge in [0.05, 0.1) is 0 Å². The van der Waals surface area contributed by atoms with Crippen molar-refractivity contribution < 1.29 is 4.79 Å². The van der Waals surface area contributed by atoms with Gasteiger partial charge in [0.25, 0.3) is 5.91 Å². The molecule has 0 unspecified atom stereocenters. The fourth-order valence-electron chi connectivity index (χ4n) is 2.95.